The summed E-state index contributed by atoms with van der Waals surface area (Å²) < 4.78 is 19.3. The van der Waals surface area contributed by atoms with E-state index < -0.39 is 12.3 Å². The van der Waals surface area contributed by atoms with Crippen molar-refractivity contribution in [3.63, 3.8) is 0 Å². The molecule has 23 heavy (non-hydrogen) atoms. The van der Waals surface area contributed by atoms with Crippen LogP contribution in [0.3, 0.4) is 0 Å². The summed E-state index contributed by atoms with van der Waals surface area (Å²) in [5, 5.41) is 10.2. The molecule has 3 unspecified atom stereocenters. The number of aliphatic hydroxyl groups is 1. The molecule has 3 rings (SSSR count). The minimum absolute atomic E-state index is 0.110. The Bertz CT molecular complexity index is 542. The highest BCUT2D eigenvalue weighted by atomic mass is 19.1. The maximum atomic E-state index is 13.9. The molecule has 1 saturated carbocycles. The van der Waals surface area contributed by atoms with Gasteiger partial charge in [-0.1, -0.05) is 37.3 Å². The lowest BCUT2D eigenvalue weighted by atomic mass is 9.75. The maximum Gasteiger partial charge on any atom is 0.410 e. The monoisotopic (exact) mass is 321 g/mol. The summed E-state index contributed by atoms with van der Waals surface area (Å²) in [7, 11) is 0. The second-order valence-corrected chi connectivity index (χ2v) is 6.96. The molecule has 1 spiro atoms. The number of carbonyl (C=O) groups is 1. The van der Waals surface area contributed by atoms with E-state index in [0.717, 1.165) is 5.56 Å². The molecule has 2 aliphatic rings. The van der Waals surface area contributed by atoms with Gasteiger partial charge >= 0.3 is 6.09 Å². The summed E-state index contributed by atoms with van der Waals surface area (Å²) in [6, 6.07) is 9.56. The second kappa shape index (κ2) is 6.48. The molecule has 1 amide bonds. The number of piperidine rings is 1. The van der Waals surface area contributed by atoms with Gasteiger partial charge in [-0.05, 0) is 30.7 Å². The van der Waals surface area contributed by atoms with Crippen LogP contribution < -0.4 is 0 Å². The van der Waals surface area contributed by atoms with Crippen LogP contribution in [0.25, 0.3) is 0 Å². The van der Waals surface area contributed by atoms with Gasteiger partial charge in [-0.2, -0.15) is 0 Å². The molecular weight excluding hydrogens is 297 g/mol. The van der Waals surface area contributed by atoms with Gasteiger partial charge in [0.05, 0.1) is 6.10 Å². The molecule has 126 valence electrons. The molecule has 1 saturated heterocycles. The van der Waals surface area contributed by atoms with Crippen LogP contribution in [0.2, 0.25) is 0 Å². The predicted molar refractivity (Wildman–Crippen MR) is 84.6 cm³/mol. The third-order valence-corrected chi connectivity index (χ3v) is 5.42. The van der Waals surface area contributed by atoms with Gasteiger partial charge in [-0.25, -0.2) is 9.18 Å². The van der Waals surface area contributed by atoms with Gasteiger partial charge < -0.3 is 14.7 Å². The number of halogens is 1. The smallest absolute Gasteiger partial charge is 0.410 e. The van der Waals surface area contributed by atoms with Crippen molar-refractivity contribution < 1.29 is 19.0 Å². The van der Waals surface area contributed by atoms with Gasteiger partial charge in [0.1, 0.15) is 12.8 Å². The van der Waals surface area contributed by atoms with E-state index in [1.54, 1.807) is 4.90 Å². The van der Waals surface area contributed by atoms with Gasteiger partial charge in [0.2, 0.25) is 0 Å². The number of carbonyl (C=O) groups excluding carboxylic acids is 1. The molecule has 0 bridgehead atoms. The van der Waals surface area contributed by atoms with Crippen molar-refractivity contribution >= 4 is 6.09 Å². The molecule has 3 atom stereocenters. The quantitative estimate of drug-likeness (QED) is 0.910. The van der Waals surface area contributed by atoms with Crippen molar-refractivity contribution in [2.45, 2.75) is 45.1 Å². The minimum atomic E-state index is -1.15. The number of rotatable bonds is 2. The predicted octanol–water partition coefficient (Wildman–Crippen LogP) is 3.14. The molecular formula is C18H24FNO3. The van der Waals surface area contributed by atoms with Crippen LogP contribution in [-0.4, -0.2) is 41.5 Å². The molecule has 1 heterocycles. The van der Waals surface area contributed by atoms with E-state index in [9.17, 15) is 14.3 Å². The molecule has 1 aromatic carbocycles. The van der Waals surface area contributed by atoms with E-state index in [-0.39, 0.29) is 24.0 Å². The Morgan fingerprint density at radius 1 is 1.35 bits per heavy atom. The highest BCUT2D eigenvalue weighted by Crippen LogP contribution is 2.50. The van der Waals surface area contributed by atoms with Crippen LogP contribution in [0.4, 0.5) is 9.18 Å². The molecule has 4 nitrogen and oxygen atoms in total. The van der Waals surface area contributed by atoms with Crippen LogP contribution in [0.1, 0.15) is 31.7 Å². The molecule has 1 N–H and O–H groups in total. The van der Waals surface area contributed by atoms with E-state index in [1.165, 1.54) is 0 Å². The number of alkyl halides is 1. The molecule has 5 heteroatoms. The van der Waals surface area contributed by atoms with Gasteiger partial charge in [0.25, 0.3) is 0 Å². The van der Waals surface area contributed by atoms with Crippen molar-refractivity contribution in [1.29, 1.82) is 0 Å². The lowest BCUT2D eigenvalue weighted by Gasteiger charge is -2.41. The van der Waals surface area contributed by atoms with E-state index in [0.29, 0.717) is 32.4 Å². The summed E-state index contributed by atoms with van der Waals surface area (Å²) >= 11 is 0. The number of benzene rings is 1. The molecule has 0 radical (unpaired) electrons. The van der Waals surface area contributed by atoms with Crippen molar-refractivity contribution in [3.05, 3.63) is 35.9 Å². The number of nitrogens with zero attached hydrogens (tertiary/aromatic N) is 1. The van der Waals surface area contributed by atoms with E-state index >= 15 is 0 Å². The van der Waals surface area contributed by atoms with Crippen LogP contribution in [-0.2, 0) is 11.3 Å². The van der Waals surface area contributed by atoms with Crippen LogP contribution in [0.15, 0.2) is 30.3 Å². The number of hydrogen-bond acceptors (Lipinski definition) is 3. The largest absolute Gasteiger partial charge is 0.445 e. The zero-order valence-corrected chi connectivity index (χ0v) is 13.5. The molecule has 2 fully saturated rings. The Hall–Kier alpha value is -1.62. The van der Waals surface area contributed by atoms with Gasteiger partial charge in [0, 0.05) is 18.5 Å². The number of likely N-dealkylation sites (tertiary alicyclic amines) is 1. The first-order chi connectivity index (χ1) is 11.0. The number of amides is 1. The lowest BCUT2D eigenvalue weighted by molar-refractivity contribution is -0.0274. The average Bonchev–Trinajstić information content (AvgIpc) is 2.78. The fourth-order valence-electron chi connectivity index (χ4n) is 3.97. The Kier molecular flexibility index (Phi) is 4.57. The second-order valence-electron chi connectivity index (χ2n) is 6.96. The Morgan fingerprint density at radius 3 is 2.57 bits per heavy atom. The van der Waals surface area contributed by atoms with E-state index in [4.69, 9.17) is 4.74 Å². The molecule has 1 aliphatic heterocycles. The Morgan fingerprint density at radius 2 is 2.00 bits per heavy atom. The summed E-state index contributed by atoms with van der Waals surface area (Å²) in [5.41, 5.74) is 0.587. The van der Waals surface area contributed by atoms with E-state index in [1.807, 2.05) is 37.3 Å². The van der Waals surface area contributed by atoms with Gasteiger partial charge in [-0.3, -0.25) is 0 Å². The Balaban J connectivity index is 1.52. The number of hydrogen-bond donors (Lipinski definition) is 1. The first-order valence-corrected chi connectivity index (χ1v) is 8.30. The zero-order valence-electron chi connectivity index (χ0n) is 13.5. The zero-order chi connectivity index (χ0) is 16.4. The molecule has 1 aromatic rings. The SMILES string of the molecule is CC1CC2(CCN(C(=O)OCc3ccccc3)CC2)C(O)C1F. The summed E-state index contributed by atoms with van der Waals surface area (Å²) in [6.07, 6.45) is -0.409. The van der Waals surface area contributed by atoms with Gasteiger partial charge in [-0.15, -0.1) is 0 Å². The maximum absolute atomic E-state index is 13.9. The number of aliphatic hydroxyl groups excluding tert-OH is 1. The average molecular weight is 321 g/mol. The van der Waals surface area contributed by atoms with Gasteiger partial charge in [0.15, 0.2) is 0 Å². The van der Waals surface area contributed by atoms with Crippen molar-refractivity contribution in [3.8, 4) is 0 Å². The topological polar surface area (TPSA) is 49.8 Å². The summed E-state index contributed by atoms with van der Waals surface area (Å²) in [5.74, 6) is -0.110. The highest BCUT2D eigenvalue weighted by Gasteiger charge is 2.53. The highest BCUT2D eigenvalue weighted by molar-refractivity contribution is 5.67. The van der Waals surface area contributed by atoms with Crippen LogP contribution in [0.5, 0.6) is 0 Å². The normalized spacial score (nSPS) is 29.7. The van der Waals surface area contributed by atoms with Crippen LogP contribution in [0, 0.1) is 11.3 Å². The first-order valence-electron chi connectivity index (χ1n) is 8.30. The van der Waals surface area contributed by atoms with E-state index in [2.05, 4.69) is 0 Å². The standard InChI is InChI=1S/C18H24FNO3/c1-13-11-18(16(21)15(13)19)7-9-20(10-8-18)17(22)23-12-14-5-3-2-4-6-14/h2-6,13,15-16,21H,7-12H2,1H3. The molecule has 1 aliphatic carbocycles. The third-order valence-electron chi connectivity index (χ3n) is 5.42. The summed E-state index contributed by atoms with van der Waals surface area (Å²) in [6.45, 7) is 3.14. The van der Waals surface area contributed by atoms with Crippen LogP contribution >= 0.6 is 0 Å². The minimum Gasteiger partial charge on any atom is -0.445 e. The molecule has 0 aromatic heterocycles. The summed E-state index contributed by atoms with van der Waals surface area (Å²) in [4.78, 5) is 13.8. The fraction of sp³-hybridized carbons (Fsp3) is 0.611. The fourth-order valence-corrected chi connectivity index (χ4v) is 3.97. The Labute approximate surface area is 136 Å². The third kappa shape index (κ3) is 3.20. The lowest BCUT2D eigenvalue weighted by Crippen LogP contribution is -2.47. The first kappa shape index (κ1) is 16.2. The van der Waals surface area contributed by atoms with Crippen molar-refractivity contribution in [1.82, 2.24) is 4.90 Å². The van der Waals surface area contributed by atoms with Crippen molar-refractivity contribution in [2.24, 2.45) is 11.3 Å². The van der Waals surface area contributed by atoms with Crippen molar-refractivity contribution in [2.75, 3.05) is 13.1 Å². The number of ether oxygens (including phenoxy) is 1.